The van der Waals surface area contributed by atoms with E-state index in [2.05, 4.69) is 0 Å². The first-order valence-corrected chi connectivity index (χ1v) is 10.8. The molecule has 3 rings (SSSR count). The number of hydrogen-bond acceptors (Lipinski definition) is 6. The largest absolute Gasteiger partial charge is 0.454 e. The highest BCUT2D eigenvalue weighted by Crippen LogP contribution is 2.33. The molecule has 0 fully saturated rings. The molecule has 0 aliphatic carbocycles. The number of carbonyl (C=O) groups excluding carboxylic acids is 1. The molecule has 1 atom stereocenters. The Morgan fingerprint density at radius 2 is 1.93 bits per heavy atom. The molecular formula is C20H23NO6S. The van der Waals surface area contributed by atoms with E-state index in [1.54, 1.807) is 41.3 Å². The molecule has 2 aromatic rings. The Labute approximate surface area is 164 Å². The van der Waals surface area contributed by atoms with Crippen LogP contribution in [0, 0.1) is 0 Å². The summed E-state index contributed by atoms with van der Waals surface area (Å²) in [6.45, 7) is 4.45. The lowest BCUT2D eigenvalue weighted by molar-refractivity contribution is 0.0671. The molecule has 1 heterocycles. The summed E-state index contributed by atoms with van der Waals surface area (Å²) in [7, 11) is -3.61. The number of carbonyl (C=O) groups is 1. The average Bonchev–Trinajstić information content (AvgIpc) is 3.11. The minimum absolute atomic E-state index is 0.0163. The van der Waals surface area contributed by atoms with E-state index in [-0.39, 0.29) is 24.5 Å². The Morgan fingerprint density at radius 1 is 1.18 bits per heavy atom. The van der Waals surface area contributed by atoms with Crippen molar-refractivity contribution >= 4 is 16.0 Å². The van der Waals surface area contributed by atoms with Crippen LogP contribution in [-0.4, -0.2) is 38.3 Å². The zero-order valence-corrected chi connectivity index (χ0v) is 16.9. The Bertz CT molecular complexity index is 972. The molecule has 0 spiro atoms. The average molecular weight is 405 g/mol. The van der Waals surface area contributed by atoms with E-state index >= 15 is 0 Å². The summed E-state index contributed by atoms with van der Waals surface area (Å²) in [5.74, 6) is 1.26. The first-order chi connectivity index (χ1) is 13.3. The third-order valence-electron chi connectivity index (χ3n) is 4.50. The molecular weight excluding hydrogens is 382 g/mol. The molecule has 8 heteroatoms. The van der Waals surface area contributed by atoms with Crippen molar-refractivity contribution in [3.8, 4) is 17.2 Å². The van der Waals surface area contributed by atoms with Crippen molar-refractivity contribution in [2.24, 2.45) is 0 Å². The fourth-order valence-corrected chi connectivity index (χ4v) is 3.36. The number of hydrogen-bond donors (Lipinski definition) is 0. The topological polar surface area (TPSA) is 82.1 Å². The second-order valence-electron chi connectivity index (χ2n) is 6.69. The Kier molecular flexibility index (Phi) is 5.79. The smallest absolute Gasteiger partial charge is 0.306 e. The zero-order valence-electron chi connectivity index (χ0n) is 16.0. The lowest BCUT2D eigenvalue weighted by atomic mass is 10.1. The predicted molar refractivity (Wildman–Crippen MR) is 104 cm³/mol. The quantitative estimate of drug-likeness (QED) is 0.658. The normalized spacial score (nSPS) is 13.8. The summed E-state index contributed by atoms with van der Waals surface area (Å²) in [5, 5.41) is 0. The first-order valence-electron chi connectivity index (χ1n) is 8.96. The number of benzene rings is 2. The van der Waals surface area contributed by atoms with E-state index in [1.807, 2.05) is 19.9 Å². The number of amides is 1. The second kappa shape index (κ2) is 8.10. The Morgan fingerprint density at radius 3 is 2.64 bits per heavy atom. The molecule has 0 aromatic heterocycles. The predicted octanol–water partition coefficient (Wildman–Crippen LogP) is 3.19. The van der Waals surface area contributed by atoms with E-state index in [0.29, 0.717) is 23.6 Å². The lowest BCUT2D eigenvalue weighted by Crippen LogP contribution is -2.37. The number of fused-ring (bicyclic) bond motifs is 1. The van der Waals surface area contributed by atoms with Crippen molar-refractivity contribution in [1.29, 1.82) is 0 Å². The van der Waals surface area contributed by atoms with Gasteiger partial charge in [0.15, 0.2) is 11.5 Å². The SMILES string of the molecule is CCC(C)N(Cc1cccc(OS(C)(=O)=O)c1)C(=O)c1ccc2c(c1)OCO2. The van der Waals surface area contributed by atoms with Crippen LogP contribution >= 0.6 is 0 Å². The van der Waals surface area contributed by atoms with Crippen molar-refractivity contribution in [1.82, 2.24) is 4.90 Å². The monoisotopic (exact) mass is 405 g/mol. The lowest BCUT2D eigenvalue weighted by Gasteiger charge is -2.29. The minimum Gasteiger partial charge on any atom is -0.454 e. The van der Waals surface area contributed by atoms with E-state index in [0.717, 1.165) is 18.2 Å². The molecule has 0 bridgehead atoms. The van der Waals surface area contributed by atoms with E-state index in [1.165, 1.54) is 0 Å². The van der Waals surface area contributed by atoms with Crippen LogP contribution in [0.5, 0.6) is 17.2 Å². The molecule has 1 amide bonds. The van der Waals surface area contributed by atoms with Gasteiger partial charge in [-0.3, -0.25) is 4.79 Å². The van der Waals surface area contributed by atoms with Gasteiger partial charge < -0.3 is 18.6 Å². The summed E-state index contributed by atoms with van der Waals surface area (Å²) >= 11 is 0. The van der Waals surface area contributed by atoms with E-state index in [9.17, 15) is 13.2 Å². The van der Waals surface area contributed by atoms with Crippen molar-refractivity contribution in [2.75, 3.05) is 13.0 Å². The second-order valence-corrected chi connectivity index (χ2v) is 8.27. The first kappa shape index (κ1) is 20.0. The fourth-order valence-electron chi connectivity index (χ4n) is 2.91. The van der Waals surface area contributed by atoms with Crippen LogP contribution < -0.4 is 13.7 Å². The van der Waals surface area contributed by atoms with E-state index in [4.69, 9.17) is 13.7 Å². The summed E-state index contributed by atoms with van der Waals surface area (Å²) in [6.07, 6.45) is 1.77. The van der Waals surface area contributed by atoms with Crippen molar-refractivity contribution in [2.45, 2.75) is 32.9 Å². The van der Waals surface area contributed by atoms with Crippen LogP contribution in [0.3, 0.4) is 0 Å². The van der Waals surface area contributed by atoms with Crippen LogP contribution in [0.1, 0.15) is 36.2 Å². The van der Waals surface area contributed by atoms with Crippen molar-refractivity contribution in [3.05, 3.63) is 53.6 Å². The molecule has 0 N–H and O–H groups in total. The van der Waals surface area contributed by atoms with Crippen molar-refractivity contribution < 1.29 is 26.9 Å². The summed E-state index contributed by atoms with van der Waals surface area (Å²) in [4.78, 5) is 14.9. The van der Waals surface area contributed by atoms with Gasteiger partial charge in [0.2, 0.25) is 6.79 Å². The minimum atomic E-state index is -3.61. The van der Waals surface area contributed by atoms with Gasteiger partial charge in [-0.1, -0.05) is 19.1 Å². The highest BCUT2D eigenvalue weighted by Gasteiger charge is 2.23. The van der Waals surface area contributed by atoms with Gasteiger partial charge in [-0.2, -0.15) is 8.42 Å². The van der Waals surface area contributed by atoms with Gasteiger partial charge in [0.05, 0.1) is 6.26 Å². The standard InChI is InChI=1S/C20H23NO6S/c1-4-14(2)21(12-15-6-5-7-17(10-15)27-28(3,23)24)20(22)16-8-9-18-19(11-16)26-13-25-18/h5-11,14H,4,12-13H2,1-3H3. The molecule has 2 aromatic carbocycles. The van der Waals surface area contributed by atoms with Gasteiger partial charge in [0, 0.05) is 18.2 Å². The fraction of sp³-hybridized carbons (Fsp3) is 0.350. The van der Waals surface area contributed by atoms with Gasteiger partial charge >= 0.3 is 10.1 Å². The molecule has 1 aliphatic heterocycles. The molecule has 1 aliphatic rings. The van der Waals surface area contributed by atoms with Gasteiger partial charge in [-0.25, -0.2) is 0 Å². The van der Waals surface area contributed by atoms with Crippen LogP contribution in [0.15, 0.2) is 42.5 Å². The van der Waals surface area contributed by atoms with Gasteiger partial charge in [0.1, 0.15) is 5.75 Å². The highest BCUT2D eigenvalue weighted by atomic mass is 32.2. The molecule has 0 saturated heterocycles. The molecule has 150 valence electrons. The summed E-state index contributed by atoms with van der Waals surface area (Å²) < 4.78 is 38.3. The maximum atomic E-state index is 13.2. The Balaban J connectivity index is 1.85. The molecule has 1 unspecified atom stereocenters. The van der Waals surface area contributed by atoms with Gasteiger partial charge in [-0.05, 0) is 49.2 Å². The Hall–Kier alpha value is -2.74. The van der Waals surface area contributed by atoms with Crippen LogP contribution in [0.4, 0.5) is 0 Å². The number of rotatable bonds is 7. The summed E-state index contributed by atoms with van der Waals surface area (Å²) in [5.41, 5.74) is 1.28. The maximum absolute atomic E-state index is 13.2. The third-order valence-corrected chi connectivity index (χ3v) is 5.00. The van der Waals surface area contributed by atoms with Gasteiger partial charge in [0.25, 0.3) is 5.91 Å². The zero-order chi connectivity index (χ0) is 20.3. The van der Waals surface area contributed by atoms with Gasteiger partial charge in [-0.15, -0.1) is 0 Å². The molecule has 0 radical (unpaired) electrons. The highest BCUT2D eigenvalue weighted by molar-refractivity contribution is 7.86. The summed E-state index contributed by atoms with van der Waals surface area (Å²) in [6, 6.07) is 11.8. The molecule has 28 heavy (non-hydrogen) atoms. The number of ether oxygens (including phenoxy) is 2. The maximum Gasteiger partial charge on any atom is 0.306 e. The van der Waals surface area contributed by atoms with Crippen LogP contribution in [0.2, 0.25) is 0 Å². The molecule has 0 saturated carbocycles. The van der Waals surface area contributed by atoms with Crippen molar-refractivity contribution in [3.63, 3.8) is 0 Å². The van der Waals surface area contributed by atoms with Crippen LogP contribution in [-0.2, 0) is 16.7 Å². The molecule has 7 nitrogen and oxygen atoms in total. The van der Waals surface area contributed by atoms with Crippen LogP contribution in [0.25, 0.3) is 0 Å². The van der Waals surface area contributed by atoms with E-state index < -0.39 is 10.1 Å². The number of nitrogens with zero attached hydrogens (tertiary/aromatic N) is 1. The third kappa shape index (κ3) is 4.75.